The number of hydrogen-bond acceptors (Lipinski definition) is 5. The van der Waals surface area contributed by atoms with Gasteiger partial charge in [-0.1, -0.05) is 12.1 Å². The molecule has 1 unspecified atom stereocenters. The Balaban J connectivity index is 2.62. The Morgan fingerprint density at radius 3 is 2.37 bits per heavy atom. The van der Waals surface area contributed by atoms with Crippen LogP contribution in [0.2, 0.25) is 0 Å². The summed E-state index contributed by atoms with van der Waals surface area (Å²) < 4.78 is 27.5. The van der Waals surface area contributed by atoms with Crippen molar-refractivity contribution < 1.29 is 17.9 Å². The smallest absolute Gasteiger partial charge is 0.250 e. The average Bonchev–Trinajstić information content (AvgIpc) is 2.37. The van der Waals surface area contributed by atoms with Crippen molar-refractivity contribution in [3.05, 3.63) is 29.8 Å². The molecule has 1 aromatic carbocycles. The third-order valence-corrected chi connectivity index (χ3v) is 3.74. The van der Waals surface area contributed by atoms with E-state index in [2.05, 4.69) is 5.32 Å². The van der Waals surface area contributed by atoms with E-state index >= 15 is 0 Å². The van der Waals surface area contributed by atoms with Gasteiger partial charge in [-0.05, 0) is 17.7 Å². The van der Waals surface area contributed by atoms with Crippen molar-refractivity contribution in [3.63, 3.8) is 0 Å². The van der Waals surface area contributed by atoms with Crippen LogP contribution in [-0.2, 0) is 25.9 Å². The second-order valence-electron chi connectivity index (χ2n) is 4.09. The summed E-state index contributed by atoms with van der Waals surface area (Å²) in [5.41, 5.74) is 6.17. The second-order valence-corrected chi connectivity index (χ2v) is 6.11. The zero-order valence-electron chi connectivity index (χ0n) is 10.9. The lowest BCUT2D eigenvalue weighted by Gasteiger charge is -2.13. The van der Waals surface area contributed by atoms with Gasteiger partial charge in [0.05, 0.1) is 4.90 Å². The zero-order valence-corrected chi connectivity index (χ0v) is 11.7. The van der Waals surface area contributed by atoms with Gasteiger partial charge < -0.3 is 15.8 Å². The van der Waals surface area contributed by atoms with Gasteiger partial charge in [0.25, 0.3) is 5.91 Å². The van der Waals surface area contributed by atoms with Crippen molar-refractivity contribution in [1.82, 2.24) is 5.32 Å². The summed E-state index contributed by atoms with van der Waals surface area (Å²) in [6.07, 6.45) is 0.476. The van der Waals surface area contributed by atoms with E-state index in [-0.39, 0.29) is 17.3 Å². The zero-order chi connectivity index (χ0) is 14.5. The van der Waals surface area contributed by atoms with E-state index < -0.39 is 15.9 Å². The number of benzene rings is 1. The topological polar surface area (TPSA) is 98.5 Å². The molecule has 0 aliphatic carbocycles. The molecular formula is C12H18N2O4S. The predicted octanol–water partition coefficient (Wildman–Crippen LogP) is -0.320. The van der Waals surface area contributed by atoms with Crippen LogP contribution in [0.25, 0.3) is 0 Å². The molecule has 0 spiro atoms. The van der Waals surface area contributed by atoms with Crippen LogP contribution in [0.5, 0.6) is 0 Å². The van der Waals surface area contributed by atoms with Gasteiger partial charge in [-0.2, -0.15) is 0 Å². The van der Waals surface area contributed by atoms with Gasteiger partial charge in [-0.25, -0.2) is 8.42 Å². The minimum atomic E-state index is -3.20. The molecule has 106 valence electrons. The van der Waals surface area contributed by atoms with Crippen LogP contribution >= 0.6 is 0 Å². The molecule has 0 fully saturated rings. The summed E-state index contributed by atoms with van der Waals surface area (Å²) >= 11 is 0. The van der Waals surface area contributed by atoms with Crippen molar-refractivity contribution in [1.29, 1.82) is 0 Å². The highest BCUT2D eigenvalue weighted by Gasteiger charge is 2.15. The lowest BCUT2D eigenvalue weighted by Crippen LogP contribution is -2.40. The Hall–Kier alpha value is -1.44. The second kappa shape index (κ2) is 6.65. The molecule has 0 bridgehead atoms. The number of amides is 1. The van der Waals surface area contributed by atoms with Crippen LogP contribution < -0.4 is 11.1 Å². The fourth-order valence-corrected chi connectivity index (χ4v) is 2.10. The Bertz CT molecular complexity index is 521. The van der Waals surface area contributed by atoms with Crippen LogP contribution in [0, 0.1) is 0 Å². The summed E-state index contributed by atoms with van der Waals surface area (Å²) in [4.78, 5) is 11.8. The maximum atomic E-state index is 11.6. The fraction of sp³-hybridized carbons (Fsp3) is 0.417. The number of sulfone groups is 1. The quantitative estimate of drug-likeness (QED) is 0.747. The van der Waals surface area contributed by atoms with E-state index in [0.29, 0.717) is 6.54 Å². The highest BCUT2D eigenvalue weighted by atomic mass is 32.2. The molecule has 1 atom stereocenters. The maximum Gasteiger partial charge on any atom is 0.250 e. The standard InChI is InChI=1S/C12H18N2O4S/c1-18-11(7-13)12(15)14-8-9-3-5-10(6-4-9)19(2,16)17/h3-6,11H,7-8,13H2,1-2H3,(H,14,15). The lowest BCUT2D eigenvalue weighted by molar-refractivity contribution is -0.130. The van der Waals surface area contributed by atoms with Gasteiger partial charge in [-0.3, -0.25) is 4.79 Å². The minimum absolute atomic E-state index is 0.106. The number of nitrogens with one attached hydrogen (secondary N) is 1. The minimum Gasteiger partial charge on any atom is -0.370 e. The molecule has 1 amide bonds. The van der Waals surface area contributed by atoms with Gasteiger partial charge >= 0.3 is 0 Å². The molecule has 0 saturated carbocycles. The number of carbonyl (C=O) groups excluding carboxylic acids is 1. The molecule has 3 N–H and O–H groups in total. The van der Waals surface area contributed by atoms with E-state index in [1.54, 1.807) is 12.1 Å². The normalized spacial score (nSPS) is 13.0. The average molecular weight is 286 g/mol. The summed E-state index contributed by atoms with van der Waals surface area (Å²) in [5.74, 6) is -0.294. The lowest BCUT2D eigenvalue weighted by atomic mass is 10.2. The fourth-order valence-electron chi connectivity index (χ4n) is 1.47. The Labute approximate surface area is 112 Å². The maximum absolute atomic E-state index is 11.6. The molecule has 0 aromatic heterocycles. The highest BCUT2D eigenvalue weighted by Crippen LogP contribution is 2.10. The van der Waals surface area contributed by atoms with E-state index in [1.807, 2.05) is 0 Å². The van der Waals surface area contributed by atoms with E-state index in [0.717, 1.165) is 11.8 Å². The van der Waals surface area contributed by atoms with Crippen LogP contribution in [-0.4, -0.2) is 40.3 Å². The molecule has 0 radical (unpaired) electrons. The Kier molecular flexibility index (Phi) is 5.46. The van der Waals surface area contributed by atoms with E-state index in [4.69, 9.17) is 10.5 Å². The van der Waals surface area contributed by atoms with Crippen LogP contribution in [0.3, 0.4) is 0 Å². The SMILES string of the molecule is COC(CN)C(=O)NCc1ccc(S(C)(=O)=O)cc1. The molecule has 19 heavy (non-hydrogen) atoms. The summed E-state index contributed by atoms with van der Waals surface area (Å²) in [5, 5.41) is 2.67. The highest BCUT2D eigenvalue weighted by molar-refractivity contribution is 7.90. The third-order valence-electron chi connectivity index (χ3n) is 2.61. The number of carbonyl (C=O) groups is 1. The molecule has 0 saturated heterocycles. The number of methoxy groups -OCH3 is 1. The van der Waals surface area contributed by atoms with Gasteiger partial charge in [0, 0.05) is 26.5 Å². The number of hydrogen-bond donors (Lipinski definition) is 2. The Morgan fingerprint density at radius 1 is 1.37 bits per heavy atom. The first kappa shape index (κ1) is 15.6. The van der Waals surface area contributed by atoms with Crippen molar-refractivity contribution in [3.8, 4) is 0 Å². The van der Waals surface area contributed by atoms with Crippen LogP contribution in [0.15, 0.2) is 29.2 Å². The van der Waals surface area contributed by atoms with Gasteiger partial charge in [0.1, 0.15) is 6.10 Å². The molecule has 0 aliphatic heterocycles. The van der Waals surface area contributed by atoms with Gasteiger partial charge in [0.15, 0.2) is 9.84 Å². The number of ether oxygens (including phenoxy) is 1. The molecule has 6 nitrogen and oxygen atoms in total. The van der Waals surface area contributed by atoms with Crippen molar-refractivity contribution in [2.45, 2.75) is 17.5 Å². The molecule has 7 heteroatoms. The predicted molar refractivity (Wildman–Crippen MR) is 71.2 cm³/mol. The largest absolute Gasteiger partial charge is 0.370 e. The van der Waals surface area contributed by atoms with E-state index in [1.165, 1.54) is 19.2 Å². The van der Waals surface area contributed by atoms with Crippen molar-refractivity contribution >= 4 is 15.7 Å². The monoisotopic (exact) mass is 286 g/mol. The third kappa shape index (κ3) is 4.62. The first-order valence-corrected chi connectivity index (χ1v) is 7.57. The number of rotatable bonds is 6. The first-order chi connectivity index (χ1) is 8.88. The Morgan fingerprint density at radius 2 is 1.95 bits per heavy atom. The van der Waals surface area contributed by atoms with Gasteiger partial charge in [-0.15, -0.1) is 0 Å². The van der Waals surface area contributed by atoms with Crippen LogP contribution in [0.4, 0.5) is 0 Å². The summed E-state index contributed by atoms with van der Waals surface area (Å²) in [6, 6.07) is 6.32. The molecule has 0 heterocycles. The van der Waals surface area contributed by atoms with Crippen molar-refractivity contribution in [2.24, 2.45) is 5.73 Å². The summed E-state index contributed by atoms with van der Waals surface area (Å²) in [6.45, 7) is 0.401. The van der Waals surface area contributed by atoms with Crippen molar-refractivity contribution in [2.75, 3.05) is 19.9 Å². The van der Waals surface area contributed by atoms with Gasteiger partial charge in [0.2, 0.25) is 0 Å². The molecule has 1 rings (SSSR count). The number of nitrogens with two attached hydrogens (primary N) is 1. The van der Waals surface area contributed by atoms with E-state index in [9.17, 15) is 13.2 Å². The molecule has 1 aromatic rings. The molecule has 0 aliphatic rings. The first-order valence-electron chi connectivity index (χ1n) is 5.68. The summed E-state index contributed by atoms with van der Waals surface area (Å²) in [7, 11) is -1.78. The molecular weight excluding hydrogens is 268 g/mol. The van der Waals surface area contributed by atoms with Crippen LogP contribution in [0.1, 0.15) is 5.56 Å².